The Morgan fingerprint density at radius 3 is 2.40 bits per heavy atom. The zero-order valence-corrected chi connectivity index (χ0v) is 9.33. The van der Waals surface area contributed by atoms with E-state index in [1.165, 1.54) is 13.8 Å². The van der Waals surface area contributed by atoms with Gasteiger partial charge in [0.05, 0.1) is 5.92 Å². The van der Waals surface area contributed by atoms with Gasteiger partial charge in [-0.3, -0.25) is 4.79 Å². The van der Waals surface area contributed by atoms with Gasteiger partial charge in [-0.15, -0.1) is 0 Å². The fourth-order valence-electron chi connectivity index (χ4n) is 1.62. The highest BCUT2D eigenvalue weighted by molar-refractivity contribution is 5.87. The van der Waals surface area contributed by atoms with Gasteiger partial charge in [-0.05, 0) is 26.3 Å². The molecule has 1 aliphatic rings. The van der Waals surface area contributed by atoms with Crippen LogP contribution in [-0.4, -0.2) is 35.6 Å². The maximum Gasteiger partial charge on any atom is 0.328 e. The van der Waals surface area contributed by atoms with Gasteiger partial charge < -0.3 is 15.7 Å². The van der Waals surface area contributed by atoms with Crippen molar-refractivity contribution in [1.29, 1.82) is 0 Å². The van der Waals surface area contributed by atoms with E-state index in [1.54, 1.807) is 0 Å². The van der Waals surface area contributed by atoms with Crippen LogP contribution in [0.2, 0.25) is 0 Å². The van der Waals surface area contributed by atoms with Crippen LogP contribution in [0, 0.1) is 11.8 Å². The molecule has 0 aromatic carbocycles. The minimum absolute atomic E-state index is 0.122. The van der Waals surface area contributed by atoms with Crippen LogP contribution in [0.3, 0.4) is 0 Å². The Hall–Kier alpha value is -1.10. The molecule has 0 saturated carbocycles. The van der Waals surface area contributed by atoms with Crippen LogP contribution < -0.4 is 10.6 Å². The molecular weight excluding hydrogens is 196 g/mol. The molecule has 1 rings (SSSR count). The van der Waals surface area contributed by atoms with Crippen LogP contribution in [-0.2, 0) is 9.59 Å². The Morgan fingerprint density at radius 2 is 2.00 bits per heavy atom. The highest BCUT2D eigenvalue weighted by Gasteiger charge is 2.35. The fraction of sp³-hybridized carbons (Fsp3) is 0.800. The number of aliphatic carboxylic acids is 1. The van der Waals surface area contributed by atoms with Gasteiger partial charge in [0.2, 0.25) is 5.91 Å². The van der Waals surface area contributed by atoms with Gasteiger partial charge in [-0.25, -0.2) is 4.79 Å². The minimum atomic E-state index is -1.20. The molecule has 3 N–H and O–H groups in total. The molecule has 0 aliphatic carbocycles. The van der Waals surface area contributed by atoms with E-state index in [2.05, 4.69) is 10.6 Å². The quantitative estimate of drug-likeness (QED) is 0.609. The predicted molar refractivity (Wildman–Crippen MR) is 55.4 cm³/mol. The van der Waals surface area contributed by atoms with E-state index in [1.807, 2.05) is 6.92 Å². The summed E-state index contributed by atoms with van der Waals surface area (Å²) in [4.78, 5) is 22.6. The van der Waals surface area contributed by atoms with Crippen molar-refractivity contribution in [3.05, 3.63) is 0 Å². The summed E-state index contributed by atoms with van der Waals surface area (Å²) in [7, 11) is 0. The van der Waals surface area contributed by atoms with Crippen LogP contribution in [0.1, 0.15) is 20.8 Å². The molecule has 5 nitrogen and oxygen atoms in total. The van der Waals surface area contributed by atoms with Gasteiger partial charge in [0, 0.05) is 6.54 Å². The number of carboxylic acids is 1. The number of carbonyl (C=O) groups is 2. The summed E-state index contributed by atoms with van der Waals surface area (Å²) in [5, 5.41) is 14.5. The Morgan fingerprint density at radius 1 is 1.40 bits per heavy atom. The van der Waals surface area contributed by atoms with E-state index in [0.29, 0.717) is 6.54 Å². The molecule has 0 aromatic rings. The topological polar surface area (TPSA) is 78.4 Å². The maximum atomic E-state index is 11.8. The molecule has 0 bridgehead atoms. The molecule has 5 heteroatoms. The first-order valence-electron chi connectivity index (χ1n) is 5.10. The van der Waals surface area contributed by atoms with Crippen LogP contribution >= 0.6 is 0 Å². The average molecular weight is 214 g/mol. The fourth-order valence-corrected chi connectivity index (χ4v) is 1.62. The molecule has 15 heavy (non-hydrogen) atoms. The normalized spacial score (nSPS) is 26.3. The monoisotopic (exact) mass is 214 g/mol. The molecule has 1 fully saturated rings. The van der Waals surface area contributed by atoms with E-state index in [-0.39, 0.29) is 17.7 Å². The Labute approximate surface area is 89.2 Å². The van der Waals surface area contributed by atoms with E-state index in [4.69, 9.17) is 5.11 Å². The molecule has 1 aliphatic heterocycles. The Balaban J connectivity index is 2.59. The second-order valence-corrected chi connectivity index (χ2v) is 4.66. The van der Waals surface area contributed by atoms with E-state index in [9.17, 15) is 9.59 Å². The lowest BCUT2D eigenvalue weighted by molar-refractivity contribution is -0.146. The first-order chi connectivity index (χ1) is 6.84. The first kappa shape index (κ1) is 12.0. The van der Waals surface area contributed by atoms with Gasteiger partial charge in [0.15, 0.2) is 0 Å². The summed E-state index contributed by atoms with van der Waals surface area (Å²) in [6, 6.07) is 0. The third kappa shape index (κ3) is 2.68. The molecule has 1 amide bonds. The molecule has 0 spiro atoms. The van der Waals surface area contributed by atoms with E-state index < -0.39 is 11.5 Å². The largest absolute Gasteiger partial charge is 0.480 e. The Kier molecular flexibility index (Phi) is 3.34. The lowest BCUT2D eigenvalue weighted by Crippen LogP contribution is -2.52. The predicted octanol–water partition coefficient (Wildman–Crippen LogP) is -0.179. The van der Waals surface area contributed by atoms with Crippen molar-refractivity contribution >= 4 is 11.9 Å². The van der Waals surface area contributed by atoms with Gasteiger partial charge in [0.1, 0.15) is 5.54 Å². The lowest BCUT2D eigenvalue weighted by Gasteiger charge is -2.24. The van der Waals surface area contributed by atoms with Crippen molar-refractivity contribution in [2.75, 3.05) is 13.1 Å². The summed E-state index contributed by atoms with van der Waals surface area (Å²) in [5.74, 6) is -1.06. The summed E-state index contributed by atoms with van der Waals surface area (Å²) < 4.78 is 0. The number of carboxylic acid groups (broad SMARTS) is 1. The van der Waals surface area contributed by atoms with E-state index in [0.717, 1.165) is 6.54 Å². The van der Waals surface area contributed by atoms with Gasteiger partial charge in [-0.1, -0.05) is 6.92 Å². The molecule has 86 valence electrons. The van der Waals surface area contributed by atoms with Crippen LogP contribution in [0.15, 0.2) is 0 Å². The number of amides is 1. The van der Waals surface area contributed by atoms with Crippen molar-refractivity contribution in [2.45, 2.75) is 26.3 Å². The number of hydrogen-bond acceptors (Lipinski definition) is 3. The van der Waals surface area contributed by atoms with Crippen LogP contribution in [0.5, 0.6) is 0 Å². The SMILES string of the molecule is C[C@@H]1CNC[C@H]1C(=O)NC(C)(C)C(=O)O. The smallest absolute Gasteiger partial charge is 0.328 e. The molecule has 0 radical (unpaired) electrons. The summed E-state index contributed by atoms with van der Waals surface area (Å²) in [6.07, 6.45) is 0. The zero-order valence-electron chi connectivity index (χ0n) is 9.33. The van der Waals surface area contributed by atoms with Crippen LogP contribution in [0.25, 0.3) is 0 Å². The first-order valence-corrected chi connectivity index (χ1v) is 5.10. The highest BCUT2D eigenvalue weighted by atomic mass is 16.4. The number of rotatable bonds is 3. The summed E-state index contributed by atoms with van der Waals surface area (Å²) in [5.41, 5.74) is -1.20. The molecule has 0 unspecified atom stereocenters. The third-order valence-corrected chi connectivity index (χ3v) is 2.82. The van der Waals surface area contributed by atoms with Gasteiger partial charge >= 0.3 is 5.97 Å². The van der Waals surface area contributed by atoms with E-state index >= 15 is 0 Å². The molecular formula is C10H18N2O3. The van der Waals surface area contributed by atoms with Crippen molar-refractivity contribution < 1.29 is 14.7 Å². The van der Waals surface area contributed by atoms with Crippen molar-refractivity contribution in [3.63, 3.8) is 0 Å². The molecule has 1 heterocycles. The average Bonchev–Trinajstić information content (AvgIpc) is 2.50. The highest BCUT2D eigenvalue weighted by Crippen LogP contribution is 2.17. The van der Waals surface area contributed by atoms with Crippen molar-refractivity contribution in [1.82, 2.24) is 10.6 Å². The Bertz CT molecular complexity index is 276. The summed E-state index contributed by atoms with van der Waals surface area (Å²) in [6.45, 7) is 6.40. The number of hydrogen-bond donors (Lipinski definition) is 3. The second kappa shape index (κ2) is 4.18. The molecule has 2 atom stereocenters. The number of nitrogens with one attached hydrogen (secondary N) is 2. The molecule has 0 aromatic heterocycles. The minimum Gasteiger partial charge on any atom is -0.480 e. The number of carbonyl (C=O) groups excluding carboxylic acids is 1. The summed E-state index contributed by atoms with van der Waals surface area (Å²) >= 11 is 0. The van der Waals surface area contributed by atoms with Crippen molar-refractivity contribution in [2.24, 2.45) is 11.8 Å². The zero-order chi connectivity index (χ0) is 11.6. The van der Waals surface area contributed by atoms with Crippen molar-refractivity contribution in [3.8, 4) is 0 Å². The second-order valence-electron chi connectivity index (χ2n) is 4.66. The third-order valence-electron chi connectivity index (χ3n) is 2.82. The lowest BCUT2D eigenvalue weighted by atomic mass is 9.95. The van der Waals surface area contributed by atoms with Gasteiger partial charge in [0.25, 0.3) is 0 Å². The van der Waals surface area contributed by atoms with Gasteiger partial charge in [-0.2, -0.15) is 0 Å². The maximum absolute atomic E-state index is 11.8. The van der Waals surface area contributed by atoms with Crippen LogP contribution in [0.4, 0.5) is 0 Å². The standard InChI is InChI=1S/C10H18N2O3/c1-6-4-11-5-7(6)8(13)12-10(2,3)9(14)15/h6-7,11H,4-5H2,1-3H3,(H,12,13)(H,14,15)/t6-,7-/m1/s1. The molecule has 1 saturated heterocycles.